The molecular weight excluding hydrogens is 318 g/mol. The second kappa shape index (κ2) is 16.6. The molecule has 0 nitrogen and oxygen atoms in total. The van der Waals surface area contributed by atoms with Gasteiger partial charge in [-0.15, -0.1) is 0 Å². The van der Waals surface area contributed by atoms with Crippen LogP contribution < -0.4 is 0 Å². The zero-order chi connectivity index (χ0) is 0. The van der Waals surface area contributed by atoms with Crippen LogP contribution >= 0.6 is 0 Å². The van der Waals surface area contributed by atoms with E-state index < -0.39 is 0 Å². The molecule has 0 aliphatic carbocycles. The van der Waals surface area contributed by atoms with Crippen LogP contribution in [0.1, 0.15) is 0 Å². The third-order valence-corrected chi connectivity index (χ3v) is 0. The molecule has 28 valence electrons. The summed E-state index contributed by atoms with van der Waals surface area (Å²) in [6.45, 7) is 0. The number of hydrogen-bond donors (Lipinski definition) is 0. The zero-order valence-corrected chi connectivity index (χ0v) is 5.20. The Morgan fingerprint density at radius 2 is 0.750 bits per heavy atom. The van der Waals surface area contributed by atoms with Crippen LogP contribution in [0.15, 0.2) is 0 Å². The minimum absolute atomic E-state index is 0. The van der Waals surface area contributed by atoms with Crippen LogP contribution in [0.2, 0.25) is 0 Å². The van der Waals surface area contributed by atoms with Crippen LogP contribution in [0.25, 0.3) is 0 Å². The Labute approximate surface area is 95.0 Å². The molecule has 0 aliphatic heterocycles. The van der Waals surface area contributed by atoms with E-state index in [2.05, 4.69) is 0 Å². The molecule has 0 fully saturated rings. The molecule has 0 aromatic heterocycles. The average molecular weight is 328 g/mol. The van der Waals surface area contributed by atoms with Crippen molar-refractivity contribution in [2.75, 3.05) is 0 Å². The summed E-state index contributed by atoms with van der Waals surface area (Å²) in [5.41, 5.74) is 0. The van der Waals surface area contributed by atoms with Gasteiger partial charge in [0.15, 0.2) is 0 Å². The van der Waals surface area contributed by atoms with Crippen molar-refractivity contribution in [2.45, 2.75) is 0 Å². The molecule has 0 N–H and O–H groups in total. The van der Waals surface area contributed by atoms with Crippen molar-refractivity contribution in [3.05, 3.63) is 0 Å². The Morgan fingerprint density at radius 1 is 0.750 bits per heavy atom. The molecule has 0 aliphatic rings. The van der Waals surface area contributed by atoms with Gasteiger partial charge in [0.1, 0.15) is 0 Å². The second-order valence-electron chi connectivity index (χ2n) is 0. The Balaban J connectivity index is 0. The first kappa shape index (κ1) is 27.7. The van der Waals surface area contributed by atoms with Crippen molar-refractivity contribution in [3.63, 3.8) is 0 Å². The zero-order valence-electron chi connectivity index (χ0n) is 1.00. The van der Waals surface area contributed by atoms with E-state index in [4.69, 9.17) is 0 Å². The molecule has 0 atom stereocenters. The first-order valence-electron chi connectivity index (χ1n) is 0. The summed E-state index contributed by atoms with van der Waals surface area (Å²) in [4.78, 5) is 0. The summed E-state index contributed by atoms with van der Waals surface area (Å²) >= 11 is 0. The Hall–Kier alpha value is 3.06. The van der Waals surface area contributed by atoms with Gasteiger partial charge in [0, 0.05) is 0 Å². The van der Waals surface area contributed by atoms with Gasteiger partial charge >= 0.3 is 97.2 Å². The molecular formula is H10GeSe2Sr. The molecule has 0 spiro atoms. The maximum absolute atomic E-state index is 0. The van der Waals surface area contributed by atoms with Gasteiger partial charge in [-0.05, 0) is 0 Å². The normalized spacial score (nSPS) is 0. The fourth-order valence-electron chi connectivity index (χ4n) is 0. The van der Waals surface area contributed by atoms with E-state index in [0.717, 1.165) is 0 Å². The number of hydrogen-bond acceptors (Lipinski definition) is 0. The predicted molar refractivity (Wildman–Crippen MR) is 37.0 cm³/mol. The Kier molecular flexibility index (Phi) is 115. The summed E-state index contributed by atoms with van der Waals surface area (Å²) in [7, 11) is 0. The molecule has 4 heavy (non-hydrogen) atoms. The van der Waals surface area contributed by atoms with Gasteiger partial charge in [-0.1, -0.05) is 0 Å². The molecule has 4 heteroatoms. The van der Waals surface area contributed by atoms with E-state index in [-0.39, 0.29) is 97.2 Å². The fraction of sp³-hybridized carbons (Fsp3) is 0. The first-order valence-corrected chi connectivity index (χ1v) is 0. The van der Waals surface area contributed by atoms with Crippen molar-refractivity contribution in [2.24, 2.45) is 0 Å². The van der Waals surface area contributed by atoms with Crippen LogP contribution in [0, 0.1) is 0 Å². The molecule has 0 aromatic carbocycles. The summed E-state index contributed by atoms with van der Waals surface area (Å²) in [6.07, 6.45) is 0. The van der Waals surface area contributed by atoms with E-state index in [1.54, 1.807) is 0 Å². The van der Waals surface area contributed by atoms with Crippen molar-refractivity contribution < 1.29 is 0 Å². The Bertz CT molecular complexity index is 6.00. The van der Waals surface area contributed by atoms with E-state index in [1.165, 1.54) is 0 Å². The van der Waals surface area contributed by atoms with Gasteiger partial charge in [-0.25, -0.2) is 0 Å². The van der Waals surface area contributed by atoms with Gasteiger partial charge in [0.2, 0.25) is 0 Å². The third kappa shape index (κ3) is 8.91. The quantitative estimate of drug-likeness (QED) is 0.396. The minimum atomic E-state index is 0. The summed E-state index contributed by atoms with van der Waals surface area (Å²) < 4.78 is 0. The molecule has 0 radical (unpaired) electrons. The standard InChI is InChI=1S/GeH4.2H2Se.Sr.2H/h1H4;2*1H2;;;. The molecule has 0 unspecified atom stereocenters. The summed E-state index contributed by atoms with van der Waals surface area (Å²) in [6, 6.07) is 0. The number of rotatable bonds is 0. The monoisotopic (exact) mass is 332 g/mol. The predicted octanol–water partition coefficient (Wildman–Crippen LogP) is -4.20. The van der Waals surface area contributed by atoms with E-state index in [9.17, 15) is 0 Å². The molecule has 0 saturated heterocycles. The summed E-state index contributed by atoms with van der Waals surface area (Å²) in [5.74, 6) is 0. The summed E-state index contributed by atoms with van der Waals surface area (Å²) in [5, 5.41) is 0. The van der Waals surface area contributed by atoms with Crippen LogP contribution in [-0.4, -0.2) is 97.2 Å². The molecule has 0 amide bonds. The van der Waals surface area contributed by atoms with Gasteiger partial charge in [-0.2, -0.15) is 0 Å². The van der Waals surface area contributed by atoms with Gasteiger partial charge < -0.3 is 0 Å². The van der Waals surface area contributed by atoms with E-state index in [1.807, 2.05) is 0 Å². The maximum atomic E-state index is 0. The van der Waals surface area contributed by atoms with Crippen molar-refractivity contribution in [3.8, 4) is 0 Å². The van der Waals surface area contributed by atoms with E-state index in [0.29, 0.717) is 0 Å². The molecule has 0 rings (SSSR count). The van der Waals surface area contributed by atoms with Crippen LogP contribution in [0.5, 0.6) is 0 Å². The van der Waals surface area contributed by atoms with Gasteiger partial charge in [-0.3, -0.25) is 0 Å². The molecule has 0 saturated carbocycles. The van der Waals surface area contributed by atoms with Gasteiger partial charge in [0.25, 0.3) is 0 Å². The molecule has 0 heterocycles. The first-order chi connectivity index (χ1) is 0. The fourth-order valence-corrected chi connectivity index (χ4v) is 0. The third-order valence-electron chi connectivity index (χ3n) is 0. The Morgan fingerprint density at radius 3 is 0.750 bits per heavy atom. The molecule has 0 bridgehead atoms. The van der Waals surface area contributed by atoms with Crippen molar-refractivity contribution >= 4 is 97.2 Å². The molecule has 0 aromatic rings. The van der Waals surface area contributed by atoms with Gasteiger partial charge in [0.05, 0.1) is 0 Å². The van der Waals surface area contributed by atoms with E-state index >= 15 is 0 Å². The van der Waals surface area contributed by atoms with Crippen molar-refractivity contribution in [1.29, 1.82) is 0 Å². The topological polar surface area (TPSA) is 0 Å². The van der Waals surface area contributed by atoms with Crippen LogP contribution in [-0.2, 0) is 0 Å². The van der Waals surface area contributed by atoms with Crippen LogP contribution in [0.4, 0.5) is 0 Å². The van der Waals surface area contributed by atoms with Crippen LogP contribution in [0.3, 0.4) is 0 Å². The SMILES string of the molecule is [GeH4].[SeH2].[SeH2].[SrH2]. The average Bonchev–Trinajstić information content (AvgIpc) is 0. The van der Waals surface area contributed by atoms with Crippen molar-refractivity contribution in [1.82, 2.24) is 0 Å². The second-order valence-corrected chi connectivity index (χ2v) is 0.